The van der Waals surface area contributed by atoms with Gasteiger partial charge in [-0.1, -0.05) is 59.7 Å². The number of aliphatic hydroxyl groups excluding tert-OH is 1. The van der Waals surface area contributed by atoms with Crippen molar-refractivity contribution in [2.75, 3.05) is 60.2 Å². The summed E-state index contributed by atoms with van der Waals surface area (Å²) in [5, 5.41) is 11.5. The standard InChI is InChI=1S/C26H33N3O6.C8H10/c1-27-25(32)24(23(31)18-30)28(2)26(33)21-6-4-19(5-7-21)20-8-10-22(11-9-20)35-15-3-12-29-13-16-34-17-14-29;1-7-3-5-8(2)6-4-7/h4-11,24,30H,3,12-18H2,1-2H3,(H,27,32);3-6H,1-2H3. The average Bonchev–Trinajstić information content (AvgIpc) is 3.05. The lowest BCUT2D eigenvalue weighted by molar-refractivity contribution is -0.135. The predicted octanol–water partition coefficient (Wildman–Crippen LogP) is 3.51. The van der Waals surface area contributed by atoms with Crippen molar-refractivity contribution < 1.29 is 29.0 Å². The summed E-state index contributed by atoms with van der Waals surface area (Å²) in [4.78, 5) is 40.3. The summed E-state index contributed by atoms with van der Waals surface area (Å²) in [6, 6.07) is 21.8. The molecule has 9 nitrogen and oxygen atoms in total. The van der Waals surface area contributed by atoms with Crippen LogP contribution in [0.4, 0.5) is 0 Å². The summed E-state index contributed by atoms with van der Waals surface area (Å²) < 4.78 is 11.2. The maximum atomic E-state index is 12.8. The third-order valence-corrected chi connectivity index (χ3v) is 7.19. The van der Waals surface area contributed by atoms with Crippen molar-refractivity contribution in [3.8, 4) is 16.9 Å². The molecule has 1 aliphatic rings. The van der Waals surface area contributed by atoms with E-state index in [1.54, 1.807) is 12.1 Å². The molecule has 43 heavy (non-hydrogen) atoms. The Morgan fingerprint density at radius 3 is 1.95 bits per heavy atom. The first kappa shape index (κ1) is 33.5. The fraction of sp³-hybridized carbons (Fsp3) is 0.382. The zero-order chi connectivity index (χ0) is 31.2. The molecular formula is C34H43N3O6. The minimum Gasteiger partial charge on any atom is -0.494 e. The lowest BCUT2D eigenvalue weighted by Crippen LogP contribution is -2.52. The van der Waals surface area contributed by atoms with Crippen molar-refractivity contribution in [1.82, 2.24) is 15.1 Å². The van der Waals surface area contributed by atoms with Gasteiger partial charge in [0.2, 0.25) is 5.91 Å². The number of aliphatic hydroxyl groups is 1. The molecule has 2 amide bonds. The van der Waals surface area contributed by atoms with Crippen LogP contribution in [0.2, 0.25) is 0 Å². The topological polar surface area (TPSA) is 108 Å². The van der Waals surface area contributed by atoms with Gasteiger partial charge in [0, 0.05) is 39.3 Å². The Labute approximate surface area is 254 Å². The number of ether oxygens (including phenoxy) is 2. The second-order valence-corrected chi connectivity index (χ2v) is 10.5. The Kier molecular flexibility index (Phi) is 13.3. The highest BCUT2D eigenvalue weighted by Crippen LogP contribution is 2.23. The molecule has 1 saturated heterocycles. The molecule has 0 aromatic heterocycles. The molecule has 0 radical (unpaired) electrons. The van der Waals surface area contributed by atoms with Crippen molar-refractivity contribution in [3.63, 3.8) is 0 Å². The van der Waals surface area contributed by atoms with Crippen LogP contribution in [0.5, 0.6) is 5.75 Å². The number of carbonyl (C=O) groups is 3. The van der Waals surface area contributed by atoms with Crippen molar-refractivity contribution >= 4 is 17.6 Å². The Bertz CT molecular complexity index is 1270. The Balaban J connectivity index is 0.000000546. The summed E-state index contributed by atoms with van der Waals surface area (Å²) in [5.41, 5.74) is 4.87. The zero-order valence-corrected chi connectivity index (χ0v) is 25.5. The number of carbonyl (C=O) groups excluding carboxylic acids is 3. The fourth-order valence-corrected chi connectivity index (χ4v) is 4.57. The Morgan fingerprint density at radius 2 is 1.44 bits per heavy atom. The van der Waals surface area contributed by atoms with Crippen LogP contribution in [-0.4, -0.2) is 98.7 Å². The number of amides is 2. The molecule has 3 aromatic rings. The molecule has 230 valence electrons. The second kappa shape index (κ2) is 17.2. The first-order valence-corrected chi connectivity index (χ1v) is 14.5. The molecule has 1 unspecified atom stereocenters. The van der Waals surface area contributed by atoms with E-state index in [4.69, 9.17) is 14.6 Å². The molecule has 0 aliphatic carbocycles. The number of morpholine rings is 1. The highest BCUT2D eigenvalue weighted by atomic mass is 16.5. The number of Topliss-reactive ketones (excluding diaryl/α,β-unsaturated/α-hetero) is 1. The van der Waals surface area contributed by atoms with Gasteiger partial charge < -0.3 is 24.8 Å². The fourth-order valence-electron chi connectivity index (χ4n) is 4.57. The van der Waals surface area contributed by atoms with Crippen molar-refractivity contribution in [2.24, 2.45) is 0 Å². The van der Waals surface area contributed by atoms with Crippen molar-refractivity contribution in [2.45, 2.75) is 26.3 Å². The molecule has 1 aliphatic heterocycles. The van der Waals surface area contributed by atoms with Gasteiger partial charge in [0.1, 0.15) is 12.4 Å². The Morgan fingerprint density at radius 1 is 0.907 bits per heavy atom. The van der Waals surface area contributed by atoms with Gasteiger partial charge >= 0.3 is 0 Å². The number of nitrogens with zero attached hydrogens (tertiary/aromatic N) is 2. The van der Waals surface area contributed by atoms with Gasteiger partial charge in [-0.25, -0.2) is 0 Å². The Hall–Kier alpha value is -4.05. The first-order valence-electron chi connectivity index (χ1n) is 14.5. The maximum absolute atomic E-state index is 12.8. The molecule has 0 spiro atoms. The molecule has 0 saturated carbocycles. The number of aryl methyl sites for hydroxylation is 2. The molecular weight excluding hydrogens is 546 g/mol. The molecule has 0 bridgehead atoms. The van der Waals surface area contributed by atoms with Crippen LogP contribution >= 0.6 is 0 Å². The number of hydrogen-bond acceptors (Lipinski definition) is 7. The number of rotatable bonds is 11. The molecule has 1 atom stereocenters. The monoisotopic (exact) mass is 589 g/mol. The van der Waals surface area contributed by atoms with Crippen LogP contribution in [0.25, 0.3) is 11.1 Å². The van der Waals surface area contributed by atoms with Gasteiger partial charge in [-0.2, -0.15) is 0 Å². The smallest absolute Gasteiger partial charge is 0.254 e. The van der Waals surface area contributed by atoms with E-state index < -0.39 is 30.2 Å². The summed E-state index contributed by atoms with van der Waals surface area (Å²) in [6.07, 6.45) is 0.955. The van der Waals surface area contributed by atoms with Crippen LogP contribution in [0, 0.1) is 13.8 Å². The van der Waals surface area contributed by atoms with E-state index in [-0.39, 0.29) is 0 Å². The van der Waals surface area contributed by atoms with Crippen molar-refractivity contribution in [3.05, 3.63) is 89.5 Å². The minimum absolute atomic E-state index is 0.330. The highest BCUT2D eigenvalue weighted by molar-refractivity contribution is 6.10. The predicted molar refractivity (Wildman–Crippen MR) is 167 cm³/mol. The number of nitrogens with one attached hydrogen (secondary N) is 1. The lowest BCUT2D eigenvalue weighted by Gasteiger charge is -2.26. The van der Waals surface area contributed by atoms with Gasteiger partial charge in [-0.15, -0.1) is 0 Å². The quantitative estimate of drug-likeness (QED) is 0.260. The third kappa shape index (κ3) is 10.3. The summed E-state index contributed by atoms with van der Waals surface area (Å²) in [7, 11) is 2.73. The first-order chi connectivity index (χ1) is 20.7. The zero-order valence-electron chi connectivity index (χ0n) is 25.5. The maximum Gasteiger partial charge on any atom is 0.254 e. The summed E-state index contributed by atoms with van der Waals surface area (Å²) >= 11 is 0. The molecule has 1 heterocycles. The van der Waals surface area contributed by atoms with Gasteiger partial charge in [-0.05, 0) is 55.7 Å². The molecule has 1 fully saturated rings. The van der Waals surface area contributed by atoms with E-state index >= 15 is 0 Å². The highest BCUT2D eigenvalue weighted by Gasteiger charge is 2.32. The summed E-state index contributed by atoms with van der Waals surface area (Å²) in [5.74, 6) is -1.09. The van der Waals surface area contributed by atoms with Gasteiger partial charge in [0.05, 0.1) is 19.8 Å². The van der Waals surface area contributed by atoms with E-state index in [0.29, 0.717) is 12.2 Å². The van der Waals surface area contributed by atoms with Crippen molar-refractivity contribution in [1.29, 1.82) is 0 Å². The van der Waals surface area contributed by atoms with Gasteiger partial charge in [0.15, 0.2) is 11.8 Å². The van der Waals surface area contributed by atoms with Crippen LogP contribution in [0.1, 0.15) is 27.9 Å². The summed E-state index contributed by atoms with van der Waals surface area (Å²) in [6.45, 7) is 8.56. The van der Waals surface area contributed by atoms with E-state index in [1.807, 2.05) is 36.4 Å². The average molecular weight is 590 g/mol. The minimum atomic E-state index is -1.39. The van der Waals surface area contributed by atoms with E-state index in [1.165, 1.54) is 25.2 Å². The van der Waals surface area contributed by atoms with Gasteiger partial charge in [-0.3, -0.25) is 19.3 Å². The number of benzene rings is 3. The molecule has 9 heteroatoms. The van der Waals surface area contributed by atoms with E-state index in [9.17, 15) is 14.4 Å². The second-order valence-electron chi connectivity index (χ2n) is 10.5. The van der Waals surface area contributed by atoms with Gasteiger partial charge in [0.25, 0.3) is 5.91 Å². The van der Waals surface area contributed by atoms with Crippen LogP contribution in [0.3, 0.4) is 0 Å². The molecule has 3 aromatic carbocycles. The number of likely N-dealkylation sites (N-methyl/N-ethyl adjacent to an activating group) is 2. The largest absolute Gasteiger partial charge is 0.494 e. The van der Waals surface area contributed by atoms with Crippen LogP contribution in [0.15, 0.2) is 72.8 Å². The number of hydrogen-bond donors (Lipinski definition) is 2. The van der Waals surface area contributed by atoms with E-state index in [0.717, 1.165) is 61.0 Å². The van der Waals surface area contributed by atoms with Crippen LogP contribution in [-0.2, 0) is 14.3 Å². The van der Waals surface area contributed by atoms with E-state index in [2.05, 4.69) is 48.3 Å². The molecule has 4 rings (SSSR count). The number of ketones is 1. The van der Waals surface area contributed by atoms with Crippen LogP contribution < -0.4 is 10.1 Å². The molecule has 2 N–H and O–H groups in total. The third-order valence-electron chi connectivity index (χ3n) is 7.19. The normalized spacial score (nSPS) is 13.7. The SMILES string of the molecule is CNC(=O)C(C(=O)CO)N(C)C(=O)c1ccc(-c2ccc(OCCCN3CCOCC3)cc2)cc1.Cc1ccc(C)cc1. The lowest BCUT2D eigenvalue weighted by atomic mass is 10.0.